The van der Waals surface area contributed by atoms with E-state index in [9.17, 15) is 0 Å². The van der Waals surface area contributed by atoms with Crippen molar-refractivity contribution in [2.75, 3.05) is 26.8 Å². The third kappa shape index (κ3) is 3.26. The number of morpholine rings is 1. The zero-order valence-electron chi connectivity index (χ0n) is 12.0. The van der Waals surface area contributed by atoms with E-state index in [1.54, 1.807) is 7.11 Å². The molecule has 0 amide bonds. The Morgan fingerprint density at radius 2 is 2.21 bits per heavy atom. The highest BCUT2D eigenvalue weighted by Crippen LogP contribution is 2.29. The molecule has 1 aromatic carbocycles. The van der Waals surface area contributed by atoms with Crippen LogP contribution in [0, 0.1) is 13.8 Å². The van der Waals surface area contributed by atoms with E-state index in [-0.39, 0.29) is 12.1 Å². The minimum absolute atomic E-state index is 0.00880. The molecular formula is C15H24N2O2. The van der Waals surface area contributed by atoms with E-state index in [0.717, 1.165) is 37.4 Å². The van der Waals surface area contributed by atoms with Crippen molar-refractivity contribution >= 4 is 0 Å². The standard InChI is InChI=1S/C15H24N2O2/c1-10-11(2)15(18-3)5-4-13(10)14(16)8-12-9-17-6-7-19-12/h4-5,12,14,17H,6-9,16H2,1-3H3. The number of methoxy groups -OCH3 is 1. The van der Waals surface area contributed by atoms with Gasteiger partial charge in [-0.25, -0.2) is 0 Å². The average Bonchev–Trinajstić information content (AvgIpc) is 2.42. The van der Waals surface area contributed by atoms with Crippen molar-refractivity contribution in [3.8, 4) is 5.75 Å². The van der Waals surface area contributed by atoms with Crippen LogP contribution in [0.15, 0.2) is 12.1 Å². The molecule has 0 aromatic heterocycles. The molecule has 2 atom stereocenters. The van der Waals surface area contributed by atoms with Crippen LogP contribution < -0.4 is 15.8 Å². The first kappa shape index (κ1) is 14.3. The first-order chi connectivity index (χ1) is 9.13. The Morgan fingerprint density at radius 3 is 2.84 bits per heavy atom. The summed E-state index contributed by atoms with van der Waals surface area (Å²) in [6.45, 7) is 6.78. The fourth-order valence-electron chi connectivity index (χ4n) is 2.62. The van der Waals surface area contributed by atoms with Crippen LogP contribution in [0.25, 0.3) is 0 Å². The van der Waals surface area contributed by atoms with Crippen LogP contribution in [-0.2, 0) is 4.74 Å². The van der Waals surface area contributed by atoms with E-state index < -0.39 is 0 Å². The van der Waals surface area contributed by atoms with E-state index in [4.69, 9.17) is 15.2 Å². The highest BCUT2D eigenvalue weighted by molar-refractivity contribution is 5.44. The van der Waals surface area contributed by atoms with Crippen LogP contribution in [0.5, 0.6) is 5.75 Å². The molecule has 0 bridgehead atoms. The topological polar surface area (TPSA) is 56.5 Å². The van der Waals surface area contributed by atoms with Crippen LogP contribution in [0.2, 0.25) is 0 Å². The largest absolute Gasteiger partial charge is 0.496 e. The van der Waals surface area contributed by atoms with Crippen LogP contribution >= 0.6 is 0 Å². The highest BCUT2D eigenvalue weighted by atomic mass is 16.5. The maximum absolute atomic E-state index is 6.34. The van der Waals surface area contributed by atoms with Crippen molar-refractivity contribution in [3.63, 3.8) is 0 Å². The summed E-state index contributed by atoms with van der Waals surface area (Å²) >= 11 is 0. The van der Waals surface area contributed by atoms with Crippen molar-refractivity contribution in [1.82, 2.24) is 5.32 Å². The van der Waals surface area contributed by atoms with E-state index in [2.05, 4.69) is 25.2 Å². The van der Waals surface area contributed by atoms with Gasteiger partial charge in [-0.1, -0.05) is 6.07 Å². The van der Waals surface area contributed by atoms with Gasteiger partial charge in [0.25, 0.3) is 0 Å². The van der Waals surface area contributed by atoms with Gasteiger partial charge in [-0.2, -0.15) is 0 Å². The molecule has 106 valence electrons. The maximum atomic E-state index is 6.34. The van der Waals surface area contributed by atoms with E-state index in [1.165, 1.54) is 11.1 Å². The van der Waals surface area contributed by atoms with E-state index >= 15 is 0 Å². The van der Waals surface area contributed by atoms with E-state index in [0.29, 0.717) is 0 Å². The predicted octanol–water partition coefficient (Wildman–Crippen LogP) is 1.69. The number of hydrogen-bond donors (Lipinski definition) is 2. The molecule has 2 rings (SSSR count). The molecule has 3 N–H and O–H groups in total. The quantitative estimate of drug-likeness (QED) is 0.869. The Morgan fingerprint density at radius 1 is 1.42 bits per heavy atom. The average molecular weight is 264 g/mol. The van der Waals surface area contributed by atoms with Gasteiger partial charge in [-0.05, 0) is 43.0 Å². The lowest BCUT2D eigenvalue weighted by atomic mass is 9.93. The summed E-state index contributed by atoms with van der Waals surface area (Å²) < 4.78 is 11.1. The Balaban J connectivity index is 2.10. The molecule has 4 nitrogen and oxygen atoms in total. The Labute approximate surface area is 115 Å². The molecule has 4 heteroatoms. The van der Waals surface area contributed by atoms with Gasteiger partial charge in [0.2, 0.25) is 0 Å². The number of benzene rings is 1. The molecule has 0 saturated carbocycles. The molecule has 1 aromatic rings. The SMILES string of the molecule is COc1ccc(C(N)CC2CNCCO2)c(C)c1C. The molecular weight excluding hydrogens is 240 g/mol. The van der Waals surface area contributed by atoms with Gasteiger partial charge < -0.3 is 20.5 Å². The number of rotatable bonds is 4. The minimum atomic E-state index is 0.00880. The van der Waals surface area contributed by atoms with E-state index in [1.807, 2.05) is 6.07 Å². The number of nitrogens with one attached hydrogen (secondary N) is 1. The summed E-state index contributed by atoms with van der Waals surface area (Å²) in [6, 6.07) is 4.08. The fourth-order valence-corrected chi connectivity index (χ4v) is 2.62. The number of ether oxygens (including phenoxy) is 2. The smallest absolute Gasteiger partial charge is 0.122 e. The minimum Gasteiger partial charge on any atom is -0.496 e. The van der Waals surface area contributed by atoms with Crippen molar-refractivity contribution in [2.45, 2.75) is 32.4 Å². The van der Waals surface area contributed by atoms with Crippen molar-refractivity contribution in [2.24, 2.45) is 5.73 Å². The summed E-state index contributed by atoms with van der Waals surface area (Å²) in [5.74, 6) is 0.920. The first-order valence-corrected chi connectivity index (χ1v) is 6.85. The van der Waals surface area contributed by atoms with Gasteiger partial charge in [0.05, 0.1) is 19.8 Å². The molecule has 1 fully saturated rings. The lowest BCUT2D eigenvalue weighted by Crippen LogP contribution is -2.40. The van der Waals surface area contributed by atoms with Crippen LogP contribution in [0.1, 0.15) is 29.2 Å². The molecule has 0 aliphatic carbocycles. The zero-order valence-corrected chi connectivity index (χ0v) is 12.0. The second-order valence-corrected chi connectivity index (χ2v) is 5.15. The maximum Gasteiger partial charge on any atom is 0.122 e. The summed E-state index contributed by atoms with van der Waals surface area (Å²) in [4.78, 5) is 0. The van der Waals surface area contributed by atoms with Crippen molar-refractivity contribution in [1.29, 1.82) is 0 Å². The third-order valence-electron chi connectivity index (χ3n) is 3.92. The summed E-state index contributed by atoms with van der Waals surface area (Å²) in [5, 5.41) is 3.34. The van der Waals surface area contributed by atoms with Gasteiger partial charge in [-0.3, -0.25) is 0 Å². The normalized spacial score (nSPS) is 21.2. The Bertz CT molecular complexity index is 428. The van der Waals surface area contributed by atoms with Gasteiger partial charge >= 0.3 is 0 Å². The zero-order chi connectivity index (χ0) is 13.8. The first-order valence-electron chi connectivity index (χ1n) is 6.85. The fraction of sp³-hybridized carbons (Fsp3) is 0.600. The third-order valence-corrected chi connectivity index (χ3v) is 3.92. The molecule has 1 saturated heterocycles. The molecule has 19 heavy (non-hydrogen) atoms. The molecule has 1 aliphatic rings. The van der Waals surface area contributed by atoms with Gasteiger partial charge in [-0.15, -0.1) is 0 Å². The lowest BCUT2D eigenvalue weighted by Gasteiger charge is -2.27. The Hall–Kier alpha value is -1.10. The van der Waals surface area contributed by atoms with Crippen molar-refractivity contribution < 1.29 is 9.47 Å². The predicted molar refractivity (Wildman–Crippen MR) is 76.6 cm³/mol. The van der Waals surface area contributed by atoms with Gasteiger partial charge in [0.15, 0.2) is 0 Å². The Kier molecular flexibility index (Phi) is 4.80. The van der Waals surface area contributed by atoms with Crippen LogP contribution in [0.4, 0.5) is 0 Å². The highest BCUT2D eigenvalue weighted by Gasteiger charge is 2.20. The van der Waals surface area contributed by atoms with Gasteiger partial charge in [0.1, 0.15) is 5.75 Å². The molecule has 1 heterocycles. The van der Waals surface area contributed by atoms with Crippen molar-refractivity contribution in [3.05, 3.63) is 28.8 Å². The summed E-state index contributed by atoms with van der Waals surface area (Å²) in [7, 11) is 1.70. The number of nitrogens with two attached hydrogens (primary N) is 1. The molecule has 2 unspecified atom stereocenters. The number of hydrogen-bond acceptors (Lipinski definition) is 4. The monoisotopic (exact) mass is 264 g/mol. The molecule has 0 radical (unpaired) electrons. The molecule has 1 aliphatic heterocycles. The molecule has 0 spiro atoms. The summed E-state index contributed by atoms with van der Waals surface area (Å²) in [5.41, 5.74) is 9.91. The lowest BCUT2D eigenvalue weighted by molar-refractivity contribution is 0.0195. The van der Waals surface area contributed by atoms with Gasteiger partial charge in [0, 0.05) is 19.1 Å². The second kappa shape index (κ2) is 6.37. The second-order valence-electron chi connectivity index (χ2n) is 5.15. The van der Waals surface area contributed by atoms with Crippen LogP contribution in [0.3, 0.4) is 0 Å². The van der Waals surface area contributed by atoms with Crippen LogP contribution in [-0.4, -0.2) is 32.9 Å². The summed E-state index contributed by atoms with van der Waals surface area (Å²) in [6.07, 6.45) is 1.06.